The number of hydrogen-bond acceptors (Lipinski definition) is 0. The van der Waals surface area contributed by atoms with E-state index < -0.39 is 0 Å². The Kier molecular flexibility index (Phi) is 4.80. The zero-order valence-corrected chi connectivity index (χ0v) is 16.9. The van der Waals surface area contributed by atoms with Crippen LogP contribution in [0.1, 0.15) is 52.7 Å². The average Bonchev–Trinajstić information content (AvgIpc) is 2.61. The van der Waals surface area contributed by atoms with Gasteiger partial charge in [0.05, 0.1) is 0 Å². The summed E-state index contributed by atoms with van der Waals surface area (Å²) in [4.78, 5) is 0. The van der Waals surface area contributed by atoms with Crippen LogP contribution in [-0.2, 0) is 10.8 Å². The normalized spacial score (nSPS) is 12.2. The van der Waals surface area contributed by atoms with E-state index in [1.54, 1.807) is 0 Å². The van der Waals surface area contributed by atoms with Crippen LogP contribution in [0.15, 0.2) is 66.7 Å². The maximum atomic E-state index is 3.32. The van der Waals surface area contributed by atoms with Gasteiger partial charge in [-0.15, -0.1) is 0 Å². The summed E-state index contributed by atoms with van der Waals surface area (Å²) in [6, 6.07) is 27.5. The first-order chi connectivity index (χ1) is 12.1. The molecule has 0 amide bonds. The monoisotopic (exact) mass is 341 g/mol. The maximum absolute atomic E-state index is 3.32. The molecule has 0 saturated carbocycles. The van der Waals surface area contributed by atoms with E-state index in [4.69, 9.17) is 0 Å². The van der Waals surface area contributed by atoms with Crippen LogP contribution in [0.5, 0.6) is 0 Å². The second kappa shape index (κ2) is 6.76. The van der Waals surface area contributed by atoms with Crippen molar-refractivity contribution in [2.45, 2.75) is 52.4 Å². The van der Waals surface area contributed by atoms with E-state index >= 15 is 0 Å². The van der Waals surface area contributed by atoms with E-state index in [0.29, 0.717) is 0 Å². The minimum atomic E-state index is 0.182. The summed E-state index contributed by atoms with van der Waals surface area (Å²) >= 11 is 0. The molecule has 3 aromatic rings. The Morgan fingerprint density at radius 2 is 0.846 bits per heavy atom. The molecule has 0 aromatic heterocycles. The summed E-state index contributed by atoms with van der Waals surface area (Å²) in [6.07, 6.45) is 0. The molecule has 0 saturated heterocycles. The van der Waals surface area contributed by atoms with Gasteiger partial charge in [-0.3, -0.25) is 0 Å². The van der Waals surface area contributed by atoms with Crippen molar-refractivity contribution in [3.63, 3.8) is 0 Å². The highest BCUT2D eigenvalue weighted by Gasteiger charge is 2.14. The fourth-order valence-corrected chi connectivity index (χ4v) is 3.13. The second-order valence-electron chi connectivity index (χ2n) is 9.17. The van der Waals surface area contributed by atoms with E-state index in [9.17, 15) is 0 Å². The van der Waals surface area contributed by atoms with E-state index in [0.717, 1.165) is 0 Å². The number of rotatable bonds is 2. The minimum absolute atomic E-state index is 0.182. The molecule has 0 heterocycles. The predicted octanol–water partition coefficient (Wildman–Crippen LogP) is 7.42. The third-order valence-corrected chi connectivity index (χ3v) is 4.96. The fourth-order valence-electron chi connectivity index (χ4n) is 3.13. The highest BCUT2D eigenvalue weighted by Crippen LogP contribution is 2.30. The molecular weight excluding hydrogens is 312 g/mol. The molecule has 0 aliphatic carbocycles. The van der Waals surface area contributed by atoms with Gasteiger partial charge in [-0.1, -0.05) is 90.1 Å². The minimum Gasteiger partial charge on any atom is -0.0579 e. The molecule has 0 nitrogen and oxygen atoms in total. The fraction of sp³-hybridized carbons (Fsp3) is 0.308. The van der Waals surface area contributed by atoms with Gasteiger partial charge in [0.25, 0.3) is 0 Å². The van der Waals surface area contributed by atoms with Crippen molar-refractivity contribution in [1.82, 2.24) is 0 Å². The lowest BCUT2D eigenvalue weighted by Gasteiger charge is -2.19. The van der Waals surface area contributed by atoms with Crippen molar-refractivity contribution in [2.75, 3.05) is 0 Å². The molecule has 0 heteroatoms. The summed E-state index contributed by atoms with van der Waals surface area (Å²) in [5.41, 5.74) is 7.98. The number of benzene rings is 3. The molecule has 0 fully saturated rings. The first-order valence-corrected chi connectivity index (χ1v) is 9.37. The molecule has 0 atom stereocenters. The quantitative estimate of drug-likeness (QED) is 0.455. The van der Waals surface area contributed by atoms with Gasteiger partial charge in [-0.05, 0) is 68.5 Å². The lowest BCUT2D eigenvalue weighted by molar-refractivity contribution is 0.590. The predicted molar refractivity (Wildman–Crippen MR) is 114 cm³/mol. The van der Waals surface area contributed by atoms with E-state index in [1.165, 1.54) is 33.4 Å². The zero-order chi connectivity index (χ0) is 18.9. The second-order valence-corrected chi connectivity index (χ2v) is 9.17. The average molecular weight is 342 g/mol. The largest absolute Gasteiger partial charge is 0.0579 e. The number of hydrogen-bond donors (Lipinski definition) is 0. The van der Waals surface area contributed by atoms with E-state index in [-0.39, 0.29) is 10.8 Å². The first-order valence-electron chi connectivity index (χ1n) is 9.37. The van der Waals surface area contributed by atoms with Gasteiger partial charge in [0, 0.05) is 0 Å². The van der Waals surface area contributed by atoms with Crippen molar-refractivity contribution in [1.29, 1.82) is 0 Å². The lowest BCUT2D eigenvalue weighted by atomic mass is 9.85. The van der Waals surface area contributed by atoms with Crippen molar-refractivity contribution in [3.8, 4) is 22.3 Å². The van der Waals surface area contributed by atoms with Crippen LogP contribution in [0.4, 0.5) is 0 Å². The molecule has 0 bridgehead atoms. The van der Waals surface area contributed by atoms with Crippen LogP contribution >= 0.6 is 0 Å². The van der Waals surface area contributed by atoms with Gasteiger partial charge in [0.1, 0.15) is 0 Å². The van der Waals surface area contributed by atoms with Crippen LogP contribution < -0.4 is 0 Å². The molecule has 0 unspecified atom stereocenters. The van der Waals surface area contributed by atoms with Gasteiger partial charge < -0.3 is 0 Å². The molecule has 0 aliphatic heterocycles. The molecule has 0 spiro atoms. The van der Waals surface area contributed by atoms with Crippen LogP contribution in [0.3, 0.4) is 0 Å². The Balaban J connectivity index is 1.91. The molecule has 26 heavy (non-hydrogen) atoms. The van der Waals surface area contributed by atoms with E-state index in [2.05, 4.69) is 114 Å². The van der Waals surface area contributed by atoms with Crippen LogP contribution in [0.2, 0.25) is 0 Å². The van der Waals surface area contributed by atoms with Gasteiger partial charge in [0.2, 0.25) is 0 Å². The summed E-state index contributed by atoms with van der Waals surface area (Å²) in [5, 5.41) is 0. The molecule has 3 rings (SSSR count). The molecule has 3 aromatic carbocycles. The van der Waals surface area contributed by atoms with Crippen molar-refractivity contribution < 1.29 is 0 Å². The van der Waals surface area contributed by atoms with Gasteiger partial charge >= 0.3 is 0 Å². The Labute approximate surface area is 158 Å². The highest BCUT2D eigenvalue weighted by atomic mass is 14.2. The Hall–Kier alpha value is -2.34. The molecular formula is C26H29. The topological polar surface area (TPSA) is 0 Å². The van der Waals surface area contributed by atoms with Crippen molar-refractivity contribution in [2.24, 2.45) is 0 Å². The van der Waals surface area contributed by atoms with Crippen LogP contribution in [0.25, 0.3) is 22.3 Å². The van der Waals surface area contributed by atoms with E-state index in [1.807, 2.05) is 0 Å². The zero-order valence-electron chi connectivity index (χ0n) is 16.9. The van der Waals surface area contributed by atoms with Gasteiger partial charge in [0.15, 0.2) is 0 Å². The highest BCUT2D eigenvalue weighted by molar-refractivity contribution is 5.73. The van der Waals surface area contributed by atoms with Crippen LogP contribution in [0, 0.1) is 6.07 Å². The smallest absolute Gasteiger partial charge is 0.0132 e. The van der Waals surface area contributed by atoms with Gasteiger partial charge in [-0.25, -0.2) is 0 Å². The van der Waals surface area contributed by atoms with Gasteiger partial charge in [-0.2, -0.15) is 0 Å². The van der Waals surface area contributed by atoms with Crippen LogP contribution in [-0.4, -0.2) is 0 Å². The molecule has 0 N–H and O–H groups in total. The molecule has 133 valence electrons. The summed E-state index contributed by atoms with van der Waals surface area (Å²) in [7, 11) is 0. The summed E-state index contributed by atoms with van der Waals surface area (Å²) < 4.78 is 0. The Morgan fingerprint density at radius 3 is 1.15 bits per heavy atom. The third kappa shape index (κ3) is 4.07. The Morgan fingerprint density at radius 1 is 0.500 bits per heavy atom. The molecule has 0 aliphatic rings. The standard InChI is InChI=1S/C26H29/c1-25(2,3)23-14-10-19(11-15-23)21-8-7-9-22(18-21)20-12-16-24(17-13-20)26(4,5)6/h8-18H,1-6H3. The third-order valence-electron chi connectivity index (χ3n) is 4.96. The maximum Gasteiger partial charge on any atom is -0.0132 e. The first kappa shape index (κ1) is 18.5. The summed E-state index contributed by atoms with van der Waals surface area (Å²) in [6.45, 7) is 13.5. The Bertz CT molecular complexity index is 794. The SMILES string of the molecule is CC(C)(C)c1ccc(-c2c[c]cc(-c3ccc(C(C)(C)C)cc3)c2)cc1. The summed E-state index contributed by atoms with van der Waals surface area (Å²) in [5.74, 6) is 0. The van der Waals surface area contributed by atoms with Crippen molar-refractivity contribution >= 4 is 0 Å². The molecule has 1 radical (unpaired) electrons. The lowest BCUT2D eigenvalue weighted by Crippen LogP contribution is -2.10. The van der Waals surface area contributed by atoms with Crippen molar-refractivity contribution in [3.05, 3.63) is 83.9 Å².